The number of piperidine rings is 1. The third-order valence-electron chi connectivity index (χ3n) is 5.32. The Balaban J connectivity index is 1.29. The summed E-state index contributed by atoms with van der Waals surface area (Å²) in [5.74, 6) is 0.983. The number of rotatable bonds is 7. The second kappa shape index (κ2) is 8.99. The zero-order chi connectivity index (χ0) is 17.5. The van der Waals surface area contributed by atoms with E-state index in [1.165, 1.54) is 5.56 Å². The first kappa shape index (κ1) is 17.9. The summed E-state index contributed by atoms with van der Waals surface area (Å²) in [6, 6.07) is 10.7. The summed E-state index contributed by atoms with van der Waals surface area (Å²) < 4.78 is 0. The molecule has 136 valence electrons. The van der Waals surface area contributed by atoms with Crippen LogP contribution in [-0.2, 0) is 9.59 Å². The maximum absolute atomic E-state index is 12.1. The molecule has 2 saturated heterocycles. The lowest BCUT2D eigenvalue weighted by Gasteiger charge is -2.31. The lowest BCUT2D eigenvalue weighted by molar-refractivity contribution is -0.127. The molecule has 3 rings (SSSR count). The van der Waals surface area contributed by atoms with E-state index >= 15 is 0 Å². The van der Waals surface area contributed by atoms with Crippen LogP contribution in [0.5, 0.6) is 0 Å². The van der Waals surface area contributed by atoms with E-state index in [4.69, 9.17) is 0 Å². The van der Waals surface area contributed by atoms with Crippen LogP contribution in [0.4, 0.5) is 0 Å². The number of amides is 2. The number of hydrogen-bond donors (Lipinski definition) is 1. The van der Waals surface area contributed by atoms with Gasteiger partial charge < -0.3 is 10.2 Å². The number of hydrogen-bond acceptors (Lipinski definition) is 3. The molecule has 5 heteroatoms. The average molecular weight is 343 g/mol. The zero-order valence-electron chi connectivity index (χ0n) is 15.0. The van der Waals surface area contributed by atoms with Crippen molar-refractivity contribution in [2.24, 2.45) is 0 Å². The van der Waals surface area contributed by atoms with Crippen molar-refractivity contribution in [3.63, 3.8) is 0 Å². The van der Waals surface area contributed by atoms with Crippen LogP contribution in [-0.4, -0.2) is 60.9 Å². The van der Waals surface area contributed by atoms with Crippen LogP contribution >= 0.6 is 0 Å². The van der Waals surface area contributed by atoms with E-state index in [-0.39, 0.29) is 11.8 Å². The molecule has 0 saturated carbocycles. The summed E-state index contributed by atoms with van der Waals surface area (Å²) >= 11 is 0. The van der Waals surface area contributed by atoms with Crippen LogP contribution in [0.1, 0.15) is 43.6 Å². The van der Waals surface area contributed by atoms with E-state index in [1.54, 1.807) is 0 Å². The summed E-state index contributed by atoms with van der Waals surface area (Å²) in [6.07, 6.45) is 4.74. The molecule has 5 nitrogen and oxygen atoms in total. The fourth-order valence-electron chi connectivity index (χ4n) is 3.85. The van der Waals surface area contributed by atoms with E-state index in [1.807, 2.05) is 4.90 Å². The SMILES string of the molecule is O=C(CN1CCC(c2ccccc2)CC1)NCCCN1CCCC1=O. The molecule has 1 aromatic rings. The average Bonchev–Trinajstić information content (AvgIpc) is 3.05. The lowest BCUT2D eigenvalue weighted by atomic mass is 9.89. The minimum atomic E-state index is 0.103. The van der Waals surface area contributed by atoms with Gasteiger partial charge in [-0.2, -0.15) is 0 Å². The van der Waals surface area contributed by atoms with Crippen molar-refractivity contribution in [1.82, 2.24) is 15.1 Å². The minimum Gasteiger partial charge on any atom is -0.355 e. The van der Waals surface area contributed by atoms with Crippen molar-refractivity contribution in [3.8, 4) is 0 Å². The van der Waals surface area contributed by atoms with Gasteiger partial charge in [-0.25, -0.2) is 0 Å². The highest BCUT2D eigenvalue weighted by Gasteiger charge is 2.22. The standard InChI is InChI=1S/C20H29N3O2/c24-19(21-11-5-13-23-12-4-8-20(23)25)16-22-14-9-18(10-15-22)17-6-2-1-3-7-17/h1-3,6-7,18H,4-5,8-16H2,(H,21,24). The molecule has 1 aromatic carbocycles. The highest BCUT2D eigenvalue weighted by Crippen LogP contribution is 2.27. The third kappa shape index (κ3) is 5.30. The van der Waals surface area contributed by atoms with Crippen LogP contribution < -0.4 is 5.32 Å². The Morgan fingerprint density at radius 3 is 2.56 bits per heavy atom. The van der Waals surface area contributed by atoms with Gasteiger partial charge >= 0.3 is 0 Å². The van der Waals surface area contributed by atoms with E-state index in [2.05, 4.69) is 40.5 Å². The van der Waals surface area contributed by atoms with Crippen LogP contribution in [0.2, 0.25) is 0 Å². The predicted molar refractivity (Wildman–Crippen MR) is 98.3 cm³/mol. The molecule has 1 N–H and O–H groups in total. The number of nitrogens with zero attached hydrogens (tertiary/aromatic N) is 2. The van der Waals surface area contributed by atoms with E-state index < -0.39 is 0 Å². The number of carbonyl (C=O) groups is 2. The fraction of sp³-hybridized carbons (Fsp3) is 0.600. The molecular formula is C20H29N3O2. The second-order valence-corrected chi connectivity index (χ2v) is 7.15. The van der Waals surface area contributed by atoms with Crippen molar-refractivity contribution >= 4 is 11.8 Å². The van der Waals surface area contributed by atoms with Crippen molar-refractivity contribution < 1.29 is 9.59 Å². The van der Waals surface area contributed by atoms with Crippen LogP contribution in [0.25, 0.3) is 0 Å². The van der Waals surface area contributed by atoms with Crippen molar-refractivity contribution in [1.29, 1.82) is 0 Å². The van der Waals surface area contributed by atoms with Crippen molar-refractivity contribution in [2.75, 3.05) is 39.3 Å². The molecule has 25 heavy (non-hydrogen) atoms. The molecule has 2 heterocycles. The molecule has 0 unspecified atom stereocenters. The van der Waals surface area contributed by atoms with Gasteiger partial charge in [-0.1, -0.05) is 30.3 Å². The maximum Gasteiger partial charge on any atom is 0.234 e. The first-order chi connectivity index (χ1) is 12.2. The zero-order valence-corrected chi connectivity index (χ0v) is 15.0. The van der Waals surface area contributed by atoms with Gasteiger partial charge in [0.25, 0.3) is 0 Å². The van der Waals surface area contributed by atoms with E-state index in [0.29, 0.717) is 25.4 Å². The Morgan fingerprint density at radius 2 is 1.88 bits per heavy atom. The van der Waals surface area contributed by atoms with Gasteiger partial charge in [-0.05, 0) is 50.3 Å². The molecule has 2 amide bonds. The minimum absolute atomic E-state index is 0.103. The lowest BCUT2D eigenvalue weighted by Crippen LogP contribution is -2.41. The van der Waals surface area contributed by atoms with Crippen LogP contribution in [0, 0.1) is 0 Å². The summed E-state index contributed by atoms with van der Waals surface area (Å²) in [4.78, 5) is 27.8. The Kier molecular flexibility index (Phi) is 6.45. The highest BCUT2D eigenvalue weighted by atomic mass is 16.2. The number of carbonyl (C=O) groups excluding carboxylic acids is 2. The highest BCUT2D eigenvalue weighted by molar-refractivity contribution is 5.78. The van der Waals surface area contributed by atoms with Gasteiger partial charge in [0.2, 0.25) is 11.8 Å². The summed E-state index contributed by atoms with van der Waals surface area (Å²) in [5.41, 5.74) is 1.42. The molecule has 0 aromatic heterocycles. The topological polar surface area (TPSA) is 52.7 Å². The summed E-state index contributed by atoms with van der Waals surface area (Å²) in [6.45, 7) is 4.75. The smallest absolute Gasteiger partial charge is 0.234 e. The van der Waals surface area contributed by atoms with Crippen molar-refractivity contribution in [3.05, 3.63) is 35.9 Å². The second-order valence-electron chi connectivity index (χ2n) is 7.15. The Morgan fingerprint density at radius 1 is 1.12 bits per heavy atom. The molecule has 0 atom stereocenters. The van der Waals surface area contributed by atoms with E-state index in [0.717, 1.165) is 51.9 Å². The van der Waals surface area contributed by atoms with Crippen LogP contribution in [0.15, 0.2) is 30.3 Å². The van der Waals surface area contributed by atoms with Gasteiger partial charge in [0.05, 0.1) is 6.54 Å². The molecule has 0 radical (unpaired) electrons. The number of benzene rings is 1. The predicted octanol–water partition coefficient (Wildman–Crippen LogP) is 1.99. The molecule has 2 aliphatic heterocycles. The Bertz CT molecular complexity index is 568. The monoisotopic (exact) mass is 343 g/mol. The normalized spacial score (nSPS) is 19.4. The van der Waals surface area contributed by atoms with Crippen molar-refractivity contribution in [2.45, 2.75) is 38.0 Å². The number of nitrogens with one attached hydrogen (secondary N) is 1. The maximum atomic E-state index is 12.1. The quantitative estimate of drug-likeness (QED) is 0.771. The molecule has 0 spiro atoms. The van der Waals surface area contributed by atoms with Crippen LogP contribution in [0.3, 0.4) is 0 Å². The molecule has 2 aliphatic rings. The molecule has 0 aliphatic carbocycles. The van der Waals surface area contributed by atoms with E-state index in [9.17, 15) is 9.59 Å². The van der Waals surface area contributed by atoms with Gasteiger partial charge in [-0.3, -0.25) is 14.5 Å². The van der Waals surface area contributed by atoms with Gasteiger partial charge in [-0.15, -0.1) is 0 Å². The Labute approximate surface area is 150 Å². The van der Waals surface area contributed by atoms with Gasteiger partial charge in [0.1, 0.15) is 0 Å². The summed E-state index contributed by atoms with van der Waals surface area (Å²) in [5, 5.41) is 2.99. The third-order valence-corrected chi connectivity index (χ3v) is 5.32. The number of likely N-dealkylation sites (tertiary alicyclic amines) is 2. The van der Waals surface area contributed by atoms with Gasteiger partial charge in [0, 0.05) is 26.1 Å². The Hall–Kier alpha value is -1.88. The molecule has 2 fully saturated rings. The largest absolute Gasteiger partial charge is 0.355 e. The first-order valence-electron chi connectivity index (χ1n) is 9.54. The molecule has 0 bridgehead atoms. The summed E-state index contributed by atoms with van der Waals surface area (Å²) in [7, 11) is 0. The first-order valence-corrected chi connectivity index (χ1v) is 9.54. The fourth-order valence-corrected chi connectivity index (χ4v) is 3.85. The van der Waals surface area contributed by atoms with Gasteiger partial charge in [0.15, 0.2) is 0 Å². The molecular weight excluding hydrogens is 314 g/mol.